The molecule has 0 aromatic carbocycles. The molecule has 8 nitrogen and oxygen atoms in total. The summed E-state index contributed by atoms with van der Waals surface area (Å²) >= 11 is 0. The monoisotopic (exact) mass is 446 g/mol. The van der Waals surface area contributed by atoms with E-state index < -0.39 is 0 Å². The van der Waals surface area contributed by atoms with Gasteiger partial charge in [-0.3, -0.25) is 14.9 Å². The zero-order valence-electron chi connectivity index (χ0n) is 19.0. The molecule has 2 aliphatic rings. The number of carbonyl (C=O) groups excluding carboxylic acids is 1. The highest BCUT2D eigenvalue weighted by atomic mass is 16.5. The number of H-pyrrole nitrogens is 1. The minimum Gasteiger partial charge on any atom is -0.384 e. The lowest BCUT2D eigenvalue weighted by molar-refractivity contribution is -0.139. The predicted molar refractivity (Wildman–Crippen MR) is 125 cm³/mol. The molecular formula is C25H30N6O2. The van der Waals surface area contributed by atoms with E-state index in [-0.39, 0.29) is 12.0 Å². The van der Waals surface area contributed by atoms with Crippen molar-refractivity contribution in [3.63, 3.8) is 0 Å². The second-order valence-electron chi connectivity index (χ2n) is 8.93. The number of aryl methyl sites for hydroxylation is 3. The van der Waals surface area contributed by atoms with Crippen molar-refractivity contribution in [3.8, 4) is 11.1 Å². The molecule has 33 heavy (non-hydrogen) atoms. The van der Waals surface area contributed by atoms with Gasteiger partial charge in [0.1, 0.15) is 11.9 Å². The number of anilines is 1. The van der Waals surface area contributed by atoms with Gasteiger partial charge in [0, 0.05) is 42.5 Å². The normalized spacial score (nSPS) is 18.2. The molecule has 0 spiro atoms. The fraction of sp³-hybridized carbons (Fsp3) is 0.440. The van der Waals surface area contributed by atoms with Gasteiger partial charge in [-0.25, -0.2) is 4.98 Å². The smallest absolute Gasteiger partial charge is 0.223 e. The quantitative estimate of drug-likeness (QED) is 0.623. The molecule has 4 heterocycles. The van der Waals surface area contributed by atoms with Crippen molar-refractivity contribution >= 4 is 11.7 Å². The molecule has 172 valence electrons. The zero-order chi connectivity index (χ0) is 22.8. The predicted octanol–water partition coefficient (Wildman–Crippen LogP) is 3.17. The third-order valence-electron chi connectivity index (χ3n) is 6.56. The lowest BCUT2D eigenvalue weighted by Crippen LogP contribution is -2.42. The SMILES string of the molecule is Cc1cc(-c2ccc(N)nc2)cc([C@@H]2CN(C(=O)CCc3n[nH]c4c3CCCC4)CCO2)n1. The molecule has 0 radical (unpaired) electrons. The Kier molecular flexibility index (Phi) is 6.09. The minimum absolute atomic E-state index is 0.145. The number of aromatic amines is 1. The molecule has 3 aromatic rings. The van der Waals surface area contributed by atoms with Crippen molar-refractivity contribution in [3.05, 3.63) is 58.8 Å². The number of hydrogen-bond acceptors (Lipinski definition) is 6. The molecule has 3 N–H and O–H groups in total. The number of nitrogen functional groups attached to an aromatic ring is 1. The second-order valence-corrected chi connectivity index (χ2v) is 8.93. The Hall–Kier alpha value is -3.26. The Bertz CT molecular complexity index is 1140. The van der Waals surface area contributed by atoms with Gasteiger partial charge in [-0.05, 0) is 68.0 Å². The standard InChI is InChI=1S/C25H30N6O2/c1-16-12-18(17-6-8-24(26)27-14-17)13-22(28-16)23-15-31(10-11-33-23)25(32)9-7-21-19-4-2-3-5-20(19)29-30-21/h6,8,12-14,23H,2-5,7,9-11,15H2,1H3,(H2,26,27)(H,29,30)/t23-/m0/s1. The summed E-state index contributed by atoms with van der Waals surface area (Å²) in [5.41, 5.74) is 13.1. The fourth-order valence-electron chi connectivity index (χ4n) is 4.80. The second kappa shape index (κ2) is 9.31. The van der Waals surface area contributed by atoms with E-state index in [0.717, 1.165) is 41.1 Å². The highest BCUT2D eigenvalue weighted by Crippen LogP contribution is 2.28. The number of hydrogen-bond donors (Lipinski definition) is 2. The molecule has 1 saturated heterocycles. The van der Waals surface area contributed by atoms with E-state index >= 15 is 0 Å². The number of nitrogens with one attached hydrogen (secondary N) is 1. The van der Waals surface area contributed by atoms with Gasteiger partial charge >= 0.3 is 0 Å². The van der Waals surface area contributed by atoms with Gasteiger partial charge in [0.15, 0.2) is 0 Å². The van der Waals surface area contributed by atoms with Gasteiger partial charge in [0.2, 0.25) is 5.91 Å². The van der Waals surface area contributed by atoms with E-state index in [0.29, 0.717) is 38.4 Å². The largest absolute Gasteiger partial charge is 0.384 e. The first kappa shape index (κ1) is 21.6. The van der Waals surface area contributed by atoms with Gasteiger partial charge in [0.25, 0.3) is 0 Å². The third kappa shape index (κ3) is 4.75. The molecule has 0 bridgehead atoms. The van der Waals surface area contributed by atoms with Crippen LogP contribution in [0, 0.1) is 6.92 Å². The lowest BCUT2D eigenvalue weighted by Gasteiger charge is -2.33. The average Bonchev–Trinajstić information content (AvgIpc) is 3.26. The molecule has 1 aliphatic carbocycles. The Morgan fingerprint density at radius 3 is 2.97 bits per heavy atom. The maximum Gasteiger partial charge on any atom is 0.223 e. The van der Waals surface area contributed by atoms with Crippen LogP contribution in [0.4, 0.5) is 5.82 Å². The molecule has 0 unspecified atom stereocenters. The van der Waals surface area contributed by atoms with Gasteiger partial charge < -0.3 is 15.4 Å². The summed E-state index contributed by atoms with van der Waals surface area (Å²) in [6.45, 7) is 3.58. The summed E-state index contributed by atoms with van der Waals surface area (Å²) in [6.07, 6.45) is 7.22. The van der Waals surface area contributed by atoms with E-state index in [1.54, 1.807) is 12.3 Å². The van der Waals surface area contributed by atoms with E-state index in [4.69, 9.17) is 15.5 Å². The third-order valence-corrected chi connectivity index (χ3v) is 6.56. The van der Waals surface area contributed by atoms with Crippen molar-refractivity contribution in [2.75, 3.05) is 25.4 Å². The molecule has 8 heteroatoms. The molecule has 1 amide bonds. The van der Waals surface area contributed by atoms with Crippen LogP contribution in [0.3, 0.4) is 0 Å². The number of pyridine rings is 2. The molecule has 5 rings (SSSR count). The van der Waals surface area contributed by atoms with Crippen LogP contribution in [0.2, 0.25) is 0 Å². The van der Waals surface area contributed by atoms with Crippen LogP contribution in [0.15, 0.2) is 30.5 Å². The van der Waals surface area contributed by atoms with Crippen molar-refractivity contribution in [2.45, 2.75) is 51.6 Å². The van der Waals surface area contributed by atoms with Crippen molar-refractivity contribution in [1.29, 1.82) is 0 Å². The van der Waals surface area contributed by atoms with Crippen LogP contribution in [0.5, 0.6) is 0 Å². The molecular weight excluding hydrogens is 416 g/mol. The summed E-state index contributed by atoms with van der Waals surface area (Å²) in [5.74, 6) is 0.635. The Balaban J connectivity index is 1.26. The number of morpholine rings is 1. The summed E-state index contributed by atoms with van der Waals surface area (Å²) in [4.78, 5) is 23.8. The molecule has 0 saturated carbocycles. The lowest BCUT2D eigenvalue weighted by atomic mass is 9.94. The fourth-order valence-corrected chi connectivity index (χ4v) is 4.80. The maximum atomic E-state index is 13.0. The van der Waals surface area contributed by atoms with Crippen molar-refractivity contribution < 1.29 is 9.53 Å². The Morgan fingerprint density at radius 1 is 1.24 bits per heavy atom. The number of nitrogens with two attached hydrogens (primary N) is 1. The molecule has 1 atom stereocenters. The summed E-state index contributed by atoms with van der Waals surface area (Å²) in [5, 5.41) is 7.66. The highest BCUT2D eigenvalue weighted by Gasteiger charge is 2.27. The Labute approximate surface area is 193 Å². The topological polar surface area (TPSA) is 110 Å². The Morgan fingerprint density at radius 2 is 2.12 bits per heavy atom. The first-order valence-corrected chi connectivity index (χ1v) is 11.7. The summed E-state index contributed by atoms with van der Waals surface area (Å²) in [6, 6.07) is 7.78. The van der Waals surface area contributed by atoms with Crippen LogP contribution in [-0.2, 0) is 28.8 Å². The van der Waals surface area contributed by atoms with E-state index in [1.165, 1.54) is 24.1 Å². The number of nitrogens with zero attached hydrogens (tertiary/aromatic N) is 4. The van der Waals surface area contributed by atoms with Crippen molar-refractivity contribution in [1.82, 2.24) is 25.1 Å². The van der Waals surface area contributed by atoms with Gasteiger partial charge in [-0.15, -0.1) is 0 Å². The molecule has 3 aromatic heterocycles. The minimum atomic E-state index is -0.249. The van der Waals surface area contributed by atoms with Crippen molar-refractivity contribution in [2.24, 2.45) is 0 Å². The van der Waals surface area contributed by atoms with Crippen LogP contribution < -0.4 is 5.73 Å². The van der Waals surface area contributed by atoms with Crippen LogP contribution >= 0.6 is 0 Å². The number of fused-ring (bicyclic) bond motifs is 1. The number of rotatable bonds is 5. The first-order valence-electron chi connectivity index (χ1n) is 11.7. The molecule has 1 fully saturated rings. The van der Waals surface area contributed by atoms with Gasteiger partial charge in [-0.2, -0.15) is 5.10 Å². The summed E-state index contributed by atoms with van der Waals surface area (Å²) < 4.78 is 6.02. The van der Waals surface area contributed by atoms with Crippen LogP contribution in [-0.4, -0.2) is 50.7 Å². The number of aromatic nitrogens is 4. The maximum absolute atomic E-state index is 13.0. The van der Waals surface area contributed by atoms with Crippen LogP contribution in [0.25, 0.3) is 11.1 Å². The summed E-state index contributed by atoms with van der Waals surface area (Å²) in [7, 11) is 0. The van der Waals surface area contributed by atoms with E-state index in [1.807, 2.05) is 30.0 Å². The first-order chi connectivity index (χ1) is 16.1. The molecule has 1 aliphatic heterocycles. The van der Waals surface area contributed by atoms with E-state index in [2.05, 4.69) is 15.2 Å². The number of carbonyl (C=O) groups is 1. The van der Waals surface area contributed by atoms with Crippen LogP contribution in [0.1, 0.15) is 53.7 Å². The van der Waals surface area contributed by atoms with Gasteiger partial charge in [-0.1, -0.05) is 0 Å². The number of amides is 1. The zero-order valence-corrected chi connectivity index (χ0v) is 19.0. The highest BCUT2D eigenvalue weighted by molar-refractivity contribution is 5.76. The van der Waals surface area contributed by atoms with E-state index in [9.17, 15) is 4.79 Å². The van der Waals surface area contributed by atoms with Gasteiger partial charge in [0.05, 0.1) is 24.5 Å². The number of ether oxygens (including phenoxy) is 1. The average molecular weight is 447 g/mol.